The molecule has 0 bridgehead atoms. The first-order valence-electron chi connectivity index (χ1n) is 6.75. The molecule has 0 atom stereocenters. The van der Waals surface area contributed by atoms with E-state index < -0.39 is 10.0 Å². The molecule has 21 heavy (non-hydrogen) atoms. The third-order valence-corrected chi connectivity index (χ3v) is 7.44. The van der Waals surface area contributed by atoms with Crippen molar-refractivity contribution >= 4 is 47.6 Å². The van der Waals surface area contributed by atoms with Crippen LogP contribution in [-0.4, -0.2) is 37.0 Å². The summed E-state index contributed by atoms with van der Waals surface area (Å²) in [5, 5.41) is 9.01. The van der Waals surface area contributed by atoms with Crippen molar-refractivity contribution in [2.24, 2.45) is 0 Å². The van der Waals surface area contributed by atoms with Gasteiger partial charge in [-0.25, -0.2) is 8.42 Å². The summed E-state index contributed by atoms with van der Waals surface area (Å²) in [5.41, 5.74) is 6.21. The lowest BCUT2D eigenvalue weighted by Gasteiger charge is -2.36. The van der Waals surface area contributed by atoms with Gasteiger partial charge in [0.25, 0.3) is 0 Å². The number of nitrogen functional groups attached to an aromatic ring is 1. The summed E-state index contributed by atoms with van der Waals surface area (Å²) in [4.78, 5) is 0.196. The van der Waals surface area contributed by atoms with E-state index in [1.807, 2.05) is 0 Å². The topological polar surface area (TPSA) is 83.6 Å². The molecule has 1 saturated carbocycles. The van der Waals surface area contributed by atoms with Gasteiger partial charge in [0.15, 0.2) is 0 Å². The Kier molecular flexibility index (Phi) is 5.70. The molecule has 1 aromatic carbocycles. The minimum Gasteiger partial charge on any atom is -0.399 e. The Hall–Kier alpha value is -0.150. The molecule has 0 spiro atoms. The molecule has 0 aliphatic heterocycles. The van der Waals surface area contributed by atoms with Crippen molar-refractivity contribution in [3.63, 3.8) is 0 Å². The van der Waals surface area contributed by atoms with Crippen LogP contribution in [0.3, 0.4) is 0 Å². The van der Waals surface area contributed by atoms with Gasteiger partial charge in [-0.3, -0.25) is 0 Å². The number of hydrogen-bond acceptors (Lipinski definition) is 4. The van der Waals surface area contributed by atoms with E-state index in [4.69, 9.17) is 10.8 Å². The monoisotopic (exact) mass is 440 g/mol. The fourth-order valence-electron chi connectivity index (χ4n) is 2.34. The third kappa shape index (κ3) is 3.61. The van der Waals surface area contributed by atoms with Gasteiger partial charge in [0.1, 0.15) is 4.90 Å². The SMILES string of the molecule is Nc1cc(Br)c(S(=O)(=O)N(CCCO)C2CCC2)c(Br)c1. The Morgan fingerprint density at radius 2 is 1.86 bits per heavy atom. The normalized spacial score (nSPS) is 16.2. The van der Waals surface area contributed by atoms with E-state index in [1.165, 1.54) is 4.31 Å². The molecule has 0 radical (unpaired) electrons. The molecule has 118 valence electrons. The molecule has 0 saturated heterocycles. The molecule has 3 N–H and O–H groups in total. The van der Waals surface area contributed by atoms with Crippen molar-refractivity contribution < 1.29 is 13.5 Å². The van der Waals surface area contributed by atoms with E-state index in [2.05, 4.69) is 31.9 Å². The van der Waals surface area contributed by atoms with Crippen LogP contribution in [-0.2, 0) is 10.0 Å². The quantitative estimate of drug-likeness (QED) is 0.664. The Bertz CT molecular complexity index is 595. The highest BCUT2D eigenvalue weighted by Crippen LogP contribution is 2.37. The van der Waals surface area contributed by atoms with Gasteiger partial charge in [-0.2, -0.15) is 4.31 Å². The highest BCUT2D eigenvalue weighted by molar-refractivity contribution is 9.11. The second-order valence-electron chi connectivity index (χ2n) is 5.09. The fraction of sp³-hybridized carbons (Fsp3) is 0.538. The maximum atomic E-state index is 13.0. The summed E-state index contributed by atoms with van der Waals surface area (Å²) in [5.74, 6) is 0. The summed E-state index contributed by atoms with van der Waals surface area (Å²) >= 11 is 6.59. The van der Waals surface area contributed by atoms with Gasteiger partial charge in [0, 0.05) is 33.8 Å². The molecule has 1 aliphatic rings. The number of halogens is 2. The molecule has 0 heterocycles. The molecule has 0 amide bonds. The minimum absolute atomic E-state index is 0.0250. The number of aliphatic hydroxyl groups is 1. The molecular weight excluding hydrogens is 424 g/mol. The van der Waals surface area contributed by atoms with Gasteiger partial charge >= 0.3 is 0 Å². The largest absolute Gasteiger partial charge is 0.399 e. The lowest BCUT2D eigenvalue weighted by molar-refractivity contribution is 0.198. The smallest absolute Gasteiger partial charge is 0.245 e. The maximum Gasteiger partial charge on any atom is 0.245 e. The number of anilines is 1. The highest BCUT2D eigenvalue weighted by Gasteiger charge is 2.36. The summed E-state index contributed by atoms with van der Waals surface area (Å²) in [7, 11) is -3.64. The standard InChI is InChI=1S/C13H18Br2N2O3S/c14-11-7-9(16)8-12(15)13(11)21(19,20)17(5-2-6-18)10-3-1-4-10/h7-8,10,18H,1-6,16H2. The summed E-state index contributed by atoms with van der Waals surface area (Å²) < 4.78 is 28.3. The number of aliphatic hydroxyl groups excluding tert-OH is 1. The first-order chi connectivity index (χ1) is 9.87. The molecular formula is C13H18Br2N2O3S. The number of nitrogens with zero attached hydrogens (tertiary/aromatic N) is 1. The average Bonchev–Trinajstić information content (AvgIpc) is 2.29. The number of benzene rings is 1. The predicted octanol–water partition coefficient (Wildman–Crippen LogP) is 2.72. The van der Waals surface area contributed by atoms with Gasteiger partial charge in [-0.05, 0) is 63.3 Å². The van der Waals surface area contributed by atoms with Crippen LogP contribution in [0.5, 0.6) is 0 Å². The Balaban J connectivity index is 2.42. The van der Waals surface area contributed by atoms with Crippen LogP contribution in [0, 0.1) is 0 Å². The molecule has 1 aliphatic carbocycles. The molecule has 2 rings (SSSR count). The van der Waals surface area contributed by atoms with Crippen LogP contribution in [0.1, 0.15) is 25.7 Å². The van der Waals surface area contributed by atoms with E-state index >= 15 is 0 Å². The zero-order valence-electron chi connectivity index (χ0n) is 11.4. The van der Waals surface area contributed by atoms with E-state index in [1.54, 1.807) is 12.1 Å². The van der Waals surface area contributed by atoms with Crippen LogP contribution in [0.2, 0.25) is 0 Å². The van der Waals surface area contributed by atoms with Crippen molar-refractivity contribution in [1.82, 2.24) is 4.31 Å². The summed E-state index contributed by atoms with van der Waals surface area (Å²) in [6, 6.07) is 3.20. The number of nitrogens with two attached hydrogens (primary N) is 1. The van der Waals surface area contributed by atoms with E-state index in [0.29, 0.717) is 27.6 Å². The average molecular weight is 442 g/mol. The predicted molar refractivity (Wildman–Crippen MR) is 89.5 cm³/mol. The fourth-order valence-corrected chi connectivity index (χ4v) is 6.61. The minimum atomic E-state index is -3.64. The van der Waals surface area contributed by atoms with Crippen LogP contribution in [0.15, 0.2) is 26.0 Å². The van der Waals surface area contributed by atoms with Gasteiger partial charge in [0.05, 0.1) is 0 Å². The second kappa shape index (κ2) is 6.95. The van der Waals surface area contributed by atoms with Crippen molar-refractivity contribution in [3.05, 3.63) is 21.1 Å². The first kappa shape index (κ1) is 17.2. The second-order valence-corrected chi connectivity index (χ2v) is 8.63. The number of sulfonamides is 1. The van der Waals surface area contributed by atoms with Crippen molar-refractivity contribution in [2.45, 2.75) is 36.6 Å². The zero-order chi connectivity index (χ0) is 15.6. The van der Waals surface area contributed by atoms with Crippen LogP contribution < -0.4 is 5.73 Å². The summed E-state index contributed by atoms with van der Waals surface area (Å²) in [6.07, 6.45) is 3.21. The maximum absolute atomic E-state index is 13.0. The zero-order valence-corrected chi connectivity index (χ0v) is 15.4. The van der Waals surface area contributed by atoms with E-state index in [0.717, 1.165) is 19.3 Å². The van der Waals surface area contributed by atoms with Gasteiger partial charge < -0.3 is 10.8 Å². The van der Waals surface area contributed by atoms with Crippen molar-refractivity contribution in [1.29, 1.82) is 0 Å². The third-order valence-electron chi connectivity index (χ3n) is 3.61. The van der Waals surface area contributed by atoms with E-state index in [-0.39, 0.29) is 17.5 Å². The number of hydrogen-bond donors (Lipinski definition) is 2. The van der Waals surface area contributed by atoms with Crippen molar-refractivity contribution in [3.8, 4) is 0 Å². The lowest BCUT2D eigenvalue weighted by Crippen LogP contribution is -2.45. The van der Waals surface area contributed by atoms with Crippen molar-refractivity contribution in [2.75, 3.05) is 18.9 Å². The molecule has 5 nitrogen and oxygen atoms in total. The van der Waals surface area contributed by atoms with Crippen LogP contribution >= 0.6 is 31.9 Å². The molecule has 1 fully saturated rings. The van der Waals surface area contributed by atoms with E-state index in [9.17, 15) is 8.42 Å². The van der Waals surface area contributed by atoms with Crippen LogP contribution in [0.25, 0.3) is 0 Å². The lowest BCUT2D eigenvalue weighted by atomic mass is 9.93. The van der Waals surface area contributed by atoms with Gasteiger partial charge in [-0.15, -0.1) is 0 Å². The molecule has 1 aromatic rings. The van der Waals surface area contributed by atoms with Gasteiger partial charge in [-0.1, -0.05) is 6.42 Å². The number of rotatable bonds is 6. The molecule has 0 unspecified atom stereocenters. The molecule has 0 aromatic heterocycles. The Labute approximate surface area is 141 Å². The molecule has 8 heteroatoms. The highest BCUT2D eigenvalue weighted by atomic mass is 79.9. The first-order valence-corrected chi connectivity index (χ1v) is 9.77. The Morgan fingerprint density at radius 3 is 2.29 bits per heavy atom. The van der Waals surface area contributed by atoms with Gasteiger partial charge in [0.2, 0.25) is 10.0 Å². The Morgan fingerprint density at radius 1 is 1.29 bits per heavy atom. The summed E-state index contributed by atoms with van der Waals surface area (Å²) in [6.45, 7) is 0.301. The van der Waals surface area contributed by atoms with Crippen LogP contribution in [0.4, 0.5) is 5.69 Å².